The molecule has 170 valence electrons. The van der Waals surface area contributed by atoms with E-state index in [1.54, 1.807) is 0 Å². The van der Waals surface area contributed by atoms with E-state index in [-0.39, 0.29) is 24.2 Å². The third-order valence-electron chi connectivity index (χ3n) is 4.91. The van der Waals surface area contributed by atoms with E-state index in [0.29, 0.717) is 10.2 Å². The summed E-state index contributed by atoms with van der Waals surface area (Å²) in [7, 11) is 0. The predicted molar refractivity (Wildman–Crippen MR) is 119 cm³/mol. The Kier molecular flexibility index (Phi) is 6.19. The summed E-state index contributed by atoms with van der Waals surface area (Å²) in [5, 5.41) is 2.96. The lowest BCUT2D eigenvalue weighted by Crippen LogP contribution is -2.32. The van der Waals surface area contributed by atoms with Crippen molar-refractivity contribution in [3.8, 4) is 16.9 Å². The van der Waals surface area contributed by atoms with Crippen LogP contribution in [0.2, 0.25) is 0 Å². The standard InChI is InChI=1S/C23H18F3N3O3S/c1-14-19(15-7-3-2-4-8-15)20-21(33-14)28-13-29(22(20)31)12-18(30)27-11-16-9-5-6-10-17(16)32-23(24,25)26/h2-10,13H,11-12H2,1H3,(H,27,30). The number of benzene rings is 2. The minimum atomic E-state index is -4.84. The third kappa shape index (κ3) is 5.06. The molecule has 0 aliphatic heterocycles. The maximum Gasteiger partial charge on any atom is 0.573 e. The second-order valence-electron chi connectivity index (χ2n) is 7.19. The van der Waals surface area contributed by atoms with Gasteiger partial charge in [0.15, 0.2) is 0 Å². The van der Waals surface area contributed by atoms with Crippen LogP contribution in [0.25, 0.3) is 21.3 Å². The van der Waals surface area contributed by atoms with Gasteiger partial charge >= 0.3 is 6.36 Å². The van der Waals surface area contributed by atoms with Crippen molar-refractivity contribution >= 4 is 27.5 Å². The van der Waals surface area contributed by atoms with Crippen LogP contribution in [0.1, 0.15) is 10.4 Å². The maximum atomic E-state index is 13.2. The number of fused-ring (bicyclic) bond motifs is 1. The Bertz CT molecular complexity index is 1360. The van der Waals surface area contributed by atoms with E-state index in [1.165, 1.54) is 46.5 Å². The smallest absolute Gasteiger partial charge is 0.405 e. The summed E-state index contributed by atoms with van der Waals surface area (Å²) in [5.74, 6) is -0.944. The van der Waals surface area contributed by atoms with Crippen LogP contribution >= 0.6 is 11.3 Å². The van der Waals surface area contributed by atoms with Gasteiger partial charge in [0.25, 0.3) is 5.56 Å². The van der Waals surface area contributed by atoms with Crippen molar-refractivity contribution in [1.82, 2.24) is 14.9 Å². The molecule has 10 heteroatoms. The molecule has 2 aromatic carbocycles. The van der Waals surface area contributed by atoms with E-state index in [0.717, 1.165) is 16.0 Å². The zero-order valence-electron chi connectivity index (χ0n) is 17.3. The van der Waals surface area contributed by atoms with Crippen molar-refractivity contribution in [1.29, 1.82) is 0 Å². The van der Waals surface area contributed by atoms with Gasteiger partial charge < -0.3 is 10.1 Å². The fourth-order valence-corrected chi connectivity index (χ4v) is 4.48. The molecule has 0 aliphatic rings. The van der Waals surface area contributed by atoms with Crippen molar-refractivity contribution < 1.29 is 22.7 Å². The Hall–Kier alpha value is -3.66. The lowest BCUT2D eigenvalue weighted by atomic mass is 10.0. The lowest BCUT2D eigenvalue weighted by molar-refractivity contribution is -0.274. The number of hydrogen-bond acceptors (Lipinski definition) is 5. The average Bonchev–Trinajstić information content (AvgIpc) is 3.11. The fourth-order valence-electron chi connectivity index (χ4n) is 3.48. The molecule has 4 aromatic rings. The number of hydrogen-bond donors (Lipinski definition) is 1. The first kappa shape index (κ1) is 22.5. The lowest BCUT2D eigenvalue weighted by Gasteiger charge is -2.14. The number of aromatic nitrogens is 2. The molecule has 0 bridgehead atoms. The predicted octanol–water partition coefficient (Wildman–Crippen LogP) is 4.65. The first-order chi connectivity index (χ1) is 15.7. The Morgan fingerprint density at radius 3 is 2.55 bits per heavy atom. The quantitative estimate of drug-likeness (QED) is 0.443. The second-order valence-corrected chi connectivity index (χ2v) is 8.39. The van der Waals surface area contributed by atoms with Crippen LogP contribution in [0.3, 0.4) is 0 Å². The van der Waals surface area contributed by atoms with Crippen molar-refractivity contribution in [3.05, 3.63) is 81.7 Å². The SMILES string of the molecule is Cc1sc2ncn(CC(=O)NCc3ccccc3OC(F)(F)F)c(=O)c2c1-c1ccccc1. The summed E-state index contributed by atoms with van der Waals surface area (Å²) in [6.45, 7) is 1.39. The van der Waals surface area contributed by atoms with Crippen LogP contribution in [0.4, 0.5) is 13.2 Å². The van der Waals surface area contributed by atoms with Crippen molar-refractivity contribution in [2.75, 3.05) is 0 Å². The maximum absolute atomic E-state index is 13.2. The van der Waals surface area contributed by atoms with Gasteiger partial charge in [0, 0.05) is 22.5 Å². The van der Waals surface area contributed by atoms with E-state index < -0.39 is 18.0 Å². The minimum absolute atomic E-state index is 0.156. The molecule has 4 rings (SSSR count). The number of alkyl halides is 3. The average molecular weight is 473 g/mol. The Morgan fingerprint density at radius 1 is 1.12 bits per heavy atom. The highest BCUT2D eigenvalue weighted by Crippen LogP contribution is 2.35. The normalized spacial score (nSPS) is 11.5. The van der Waals surface area contributed by atoms with Crippen molar-refractivity contribution in [2.45, 2.75) is 26.4 Å². The Morgan fingerprint density at radius 2 is 1.82 bits per heavy atom. The summed E-state index contributed by atoms with van der Waals surface area (Å²) in [4.78, 5) is 31.5. The van der Waals surface area contributed by atoms with E-state index in [9.17, 15) is 22.8 Å². The molecule has 0 unspecified atom stereocenters. The number of amides is 1. The van der Waals surface area contributed by atoms with Crippen LogP contribution in [0.5, 0.6) is 5.75 Å². The van der Waals surface area contributed by atoms with E-state index in [4.69, 9.17) is 0 Å². The molecule has 0 fully saturated rings. The minimum Gasteiger partial charge on any atom is -0.405 e. The molecule has 2 aromatic heterocycles. The van der Waals surface area contributed by atoms with Gasteiger partial charge in [-0.15, -0.1) is 24.5 Å². The van der Waals surface area contributed by atoms with Crippen LogP contribution in [0.15, 0.2) is 65.7 Å². The number of carbonyl (C=O) groups excluding carboxylic acids is 1. The van der Waals surface area contributed by atoms with Crippen LogP contribution in [-0.2, 0) is 17.9 Å². The number of rotatable bonds is 6. The summed E-state index contributed by atoms with van der Waals surface area (Å²) >= 11 is 1.40. The molecule has 33 heavy (non-hydrogen) atoms. The van der Waals surface area contributed by atoms with Gasteiger partial charge in [-0.05, 0) is 18.6 Å². The monoisotopic (exact) mass is 473 g/mol. The van der Waals surface area contributed by atoms with Gasteiger partial charge in [-0.2, -0.15) is 0 Å². The number of nitrogens with zero attached hydrogens (tertiary/aromatic N) is 2. The molecule has 0 saturated heterocycles. The van der Waals surface area contributed by atoms with Crippen molar-refractivity contribution in [2.24, 2.45) is 0 Å². The summed E-state index contributed by atoms with van der Waals surface area (Å²) in [6.07, 6.45) is -3.54. The van der Waals surface area contributed by atoms with Gasteiger partial charge in [-0.1, -0.05) is 48.5 Å². The molecule has 2 heterocycles. The largest absolute Gasteiger partial charge is 0.573 e. The van der Waals surface area contributed by atoms with Crippen LogP contribution in [-0.4, -0.2) is 21.8 Å². The fraction of sp³-hybridized carbons (Fsp3) is 0.174. The van der Waals surface area contributed by atoms with E-state index >= 15 is 0 Å². The number of para-hydroxylation sites is 1. The number of aryl methyl sites for hydroxylation is 1. The summed E-state index contributed by atoms with van der Waals surface area (Å²) in [5.41, 5.74) is 1.45. The summed E-state index contributed by atoms with van der Waals surface area (Å²) < 4.78 is 42.9. The highest BCUT2D eigenvalue weighted by Gasteiger charge is 2.32. The Labute approximate surface area is 190 Å². The number of carbonyl (C=O) groups is 1. The van der Waals surface area contributed by atoms with Crippen LogP contribution < -0.4 is 15.6 Å². The zero-order valence-corrected chi connectivity index (χ0v) is 18.2. The second kappa shape index (κ2) is 9.07. The molecule has 0 atom stereocenters. The molecule has 0 spiro atoms. The molecular weight excluding hydrogens is 455 g/mol. The Balaban J connectivity index is 1.55. The zero-order chi connectivity index (χ0) is 23.6. The number of ether oxygens (including phenoxy) is 1. The third-order valence-corrected chi connectivity index (χ3v) is 5.92. The number of halogens is 3. The molecule has 0 saturated carbocycles. The molecule has 0 radical (unpaired) electrons. The molecule has 1 amide bonds. The first-order valence-corrected chi connectivity index (χ1v) is 10.7. The van der Waals surface area contributed by atoms with Gasteiger partial charge in [-0.3, -0.25) is 14.2 Å². The van der Waals surface area contributed by atoms with Gasteiger partial charge in [0.1, 0.15) is 17.1 Å². The number of thiophene rings is 1. The molecular formula is C23H18F3N3O3S. The van der Waals surface area contributed by atoms with Gasteiger partial charge in [0.2, 0.25) is 5.91 Å². The number of nitrogens with one attached hydrogen (secondary N) is 1. The molecule has 6 nitrogen and oxygen atoms in total. The highest BCUT2D eigenvalue weighted by atomic mass is 32.1. The highest BCUT2D eigenvalue weighted by molar-refractivity contribution is 7.19. The molecule has 1 N–H and O–H groups in total. The topological polar surface area (TPSA) is 73.2 Å². The van der Waals surface area contributed by atoms with Crippen molar-refractivity contribution in [3.63, 3.8) is 0 Å². The summed E-state index contributed by atoms with van der Waals surface area (Å²) in [6, 6.07) is 15.0. The van der Waals surface area contributed by atoms with Gasteiger partial charge in [-0.25, -0.2) is 4.98 Å². The van der Waals surface area contributed by atoms with Gasteiger partial charge in [0.05, 0.1) is 11.7 Å². The van der Waals surface area contributed by atoms with E-state index in [1.807, 2.05) is 37.3 Å². The first-order valence-electron chi connectivity index (χ1n) is 9.87. The van der Waals surface area contributed by atoms with E-state index in [2.05, 4.69) is 15.0 Å². The van der Waals surface area contributed by atoms with Crippen LogP contribution in [0, 0.1) is 6.92 Å². The molecule has 0 aliphatic carbocycles.